The van der Waals surface area contributed by atoms with Gasteiger partial charge in [-0.15, -0.1) is 0 Å². The van der Waals surface area contributed by atoms with E-state index in [2.05, 4.69) is 6.07 Å². The van der Waals surface area contributed by atoms with Crippen LogP contribution in [-0.4, -0.2) is 4.92 Å². The van der Waals surface area contributed by atoms with Crippen LogP contribution in [0.4, 0.5) is 11.4 Å². The Morgan fingerprint density at radius 3 is 2.52 bits per heavy atom. The van der Waals surface area contributed by atoms with Crippen LogP contribution >= 0.6 is 0 Å². The number of aryl methyl sites for hydroxylation is 2. The molecule has 0 aliphatic heterocycles. The van der Waals surface area contributed by atoms with Crippen molar-refractivity contribution in [3.63, 3.8) is 0 Å². The van der Waals surface area contributed by atoms with Gasteiger partial charge in [-0.2, -0.15) is 0 Å². The van der Waals surface area contributed by atoms with Crippen LogP contribution in [-0.2, 0) is 12.8 Å². The van der Waals surface area contributed by atoms with Crippen molar-refractivity contribution < 1.29 is 9.66 Å². The highest BCUT2D eigenvalue weighted by molar-refractivity contribution is 5.54. The van der Waals surface area contributed by atoms with Gasteiger partial charge in [-0.25, -0.2) is 0 Å². The van der Waals surface area contributed by atoms with Gasteiger partial charge in [0.25, 0.3) is 5.69 Å². The Morgan fingerprint density at radius 1 is 1.00 bits per heavy atom. The summed E-state index contributed by atoms with van der Waals surface area (Å²) in [5.41, 5.74) is 8.60. The lowest BCUT2D eigenvalue weighted by atomic mass is 9.92. The smallest absolute Gasteiger partial charge is 0.275 e. The van der Waals surface area contributed by atoms with Crippen molar-refractivity contribution in [3.05, 3.63) is 57.6 Å². The van der Waals surface area contributed by atoms with Crippen molar-refractivity contribution in [2.24, 2.45) is 0 Å². The van der Waals surface area contributed by atoms with E-state index in [4.69, 9.17) is 10.5 Å². The highest BCUT2D eigenvalue weighted by Gasteiger charge is 2.12. The Balaban J connectivity index is 1.88. The van der Waals surface area contributed by atoms with Gasteiger partial charge in [-0.05, 0) is 48.9 Å². The minimum atomic E-state index is -0.476. The van der Waals surface area contributed by atoms with E-state index < -0.39 is 4.92 Å². The van der Waals surface area contributed by atoms with E-state index in [9.17, 15) is 10.1 Å². The second-order valence-electron chi connectivity index (χ2n) is 5.26. The number of benzene rings is 2. The molecule has 0 radical (unpaired) electrons. The summed E-state index contributed by atoms with van der Waals surface area (Å²) < 4.78 is 5.73. The molecule has 1 aliphatic carbocycles. The maximum absolute atomic E-state index is 10.8. The van der Waals surface area contributed by atoms with Crippen molar-refractivity contribution in [3.8, 4) is 11.5 Å². The number of anilines is 1. The molecule has 0 unspecified atom stereocenters. The molecule has 0 aromatic heterocycles. The maximum Gasteiger partial charge on any atom is 0.275 e. The van der Waals surface area contributed by atoms with Gasteiger partial charge in [0.1, 0.15) is 11.5 Å². The van der Waals surface area contributed by atoms with Crippen LogP contribution < -0.4 is 10.5 Å². The molecule has 0 bridgehead atoms. The van der Waals surface area contributed by atoms with E-state index in [0.29, 0.717) is 17.2 Å². The number of hydrogen-bond acceptors (Lipinski definition) is 4. The van der Waals surface area contributed by atoms with Gasteiger partial charge in [0.05, 0.1) is 11.0 Å². The summed E-state index contributed by atoms with van der Waals surface area (Å²) in [5.74, 6) is 1.08. The van der Waals surface area contributed by atoms with E-state index in [1.807, 2.05) is 12.1 Å². The molecule has 1 aliphatic rings. The van der Waals surface area contributed by atoms with Crippen LogP contribution in [0.3, 0.4) is 0 Å². The fraction of sp³-hybridized carbons (Fsp3) is 0.250. The number of nitrogens with two attached hydrogens (primary N) is 1. The van der Waals surface area contributed by atoms with Gasteiger partial charge < -0.3 is 10.5 Å². The molecule has 2 aromatic carbocycles. The molecule has 2 aromatic rings. The quantitative estimate of drug-likeness (QED) is 0.527. The third-order valence-electron chi connectivity index (χ3n) is 3.68. The van der Waals surface area contributed by atoms with E-state index in [1.54, 1.807) is 6.07 Å². The predicted molar refractivity (Wildman–Crippen MR) is 80.7 cm³/mol. The molecular formula is C16H16N2O3. The Hall–Kier alpha value is -2.56. The third kappa shape index (κ3) is 2.97. The van der Waals surface area contributed by atoms with Gasteiger partial charge in [0.15, 0.2) is 0 Å². The van der Waals surface area contributed by atoms with Crippen LogP contribution in [0.2, 0.25) is 0 Å². The number of nitrogen functional groups attached to an aromatic ring is 1. The zero-order valence-electron chi connectivity index (χ0n) is 11.5. The Bertz CT molecular complexity index is 698. The Morgan fingerprint density at radius 2 is 1.76 bits per heavy atom. The van der Waals surface area contributed by atoms with Gasteiger partial charge in [-0.1, -0.05) is 6.07 Å². The topological polar surface area (TPSA) is 78.4 Å². The number of hydrogen-bond donors (Lipinski definition) is 1. The first-order valence-electron chi connectivity index (χ1n) is 6.96. The van der Waals surface area contributed by atoms with Gasteiger partial charge >= 0.3 is 0 Å². The number of nitro groups is 1. The second kappa shape index (κ2) is 5.44. The molecule has 0 atom stereocenters. The molecule has 3 rings (SSSR count). The number of non-ortho nitro benzene ring substituents is 1. The fourth-order valence-electron chi connectivity index (χ4n) is 2.68. The van der Waals surface area contributed by atoms with E-state index >= 15 is 0 Å². The SMILES string of the molecule is Nc1cc(Oc2ccc3c(c2)CCCC3)cc([N+](=O)[O-])c1. The minimum absolute atomic E-state index is 0.0667. The fourth-order valence-corrected chi connectivity index (χ4v) is 2.68. The summed E-state index contributed by atoms with van der Waals surface area (Å²) in [4.78, 5) is 10.4. The van der Waals surface area contributed by atoms with Crippen molar-refractivity contribution in [1.29, 1.82) is 0 Å². The minimum Gasteiger partial charge on any atom is -0.457 e. The Labute approximate surface area is 122 Å². The van der Waals surface area contributed by atoms with Crippen molar-refractivity contribution in [2.75, 3.05) is 5.73 Å². The number of ether oxygens (including phenoxy) is 1. The van der Waals surface area contributed by atoms with Crippen LogP contribution in [0.1, 0.15) is 24.0 Å². The number of fused-ring (bicyclic) bond motifs is 1. The van der Waals surface area contributed by atoms with Crippen molar-refractivity contribution in [2.45, 2.75) is 25.7 Å². The molecule has 2 N–H and O–H groups in total. The monoisotopic (exact) mass is 284 g/mol. The summed E-state index contributed by atoms with van der Waals surface area (Å²) >= 11 is 0. The molecule has 0 heterocycles. The molecule has 108 valence electrons. The van der Waals surface area contributed by atoms with Crippen LogP contribution in [0.15, 0.2) is 36.4 Å². The lowest BCUT2D eigenvalue weighted by Gasteiger charge is -2.16. The summed E-state index contributed by atoms with van der Waals surface area (Å²) in [5, 5.41) is 10.8. The first kappa shape index (κ1) is 13.4. The van der Waals surface area contributed by atoms with Crippen molar-refractivity contribution >= 4 is 11.4 Å². The normalized spacial score (nSPS) is 13.5. The molecule has 0 fully saturated rings. The van der Waals surface area contributed by atoms with Crippen LogP contribution in [0, 0.1) is 10.1 Å². The molecular weight excluding hydrogens is 268 g/mol. The molecule has 5 nitrogen and oxygen atoms in total. The average molecular weight is 284 g/mol. The first-order chi connectivity index (χ1) is 10.1. The molecule has 0 saturated carbocycles. The number of nitrogens with zero attached hydrogens (tertiary/aromatic N) is 1. The zero-order chi connectivity index (χ0) is 14.8. The number of nitro benzene ring substituents is 1. The van der Waals surface area contributed by atoms with Crippen molar-refractivity contribution in [1.82, 2.24) is 0 Å². The second-order valence-corrected chi connectivity index (χ2v) is 5.26. The molecule has 21 heavy (non-hydrogen) atoms. The molecule has 5 heteroatoms. The lowest BCUT2D eigenvalue weighted by Crippen LogP contribution is -2.02. The van der Waals surface area contributed by atoms with E-state index in [-0.39, 0.29) is 5.69 Å². The average Bonchev–Trinajstić information content (AvgIpc) is 2.46. The summed E-state index contributed by atoms with van der Waals surface area (Å²) in [6, 6.07) is 10.3. The largest absolute Gasteiger partial charge is 0.457 e. The first-order valence-corrected chi connectivity index (χ1v) is 6.96. The van der Waals surface area contributed by atoms with E-state index in [1.165, 1.54) is 36.1 Å². The maximum atomic E-state index is 10.8. The molecule has 0 spiro atoms. The standard InChI is InChI=1S/C16H16N2O3/c17-13-8-14(18(19)20)10-16(9-13)21-15-6-5-11-3-1-2-4-12(11)7-15/h5-10H,1-4,17H2. The predicted octanol–water partition coefficient (Wildman–Crippen LogP) is 3.85. The zero-order valence-corrected chi connectivity index (χ0v) is 11.5. The Kier molecular flexibility index (Phi) is 3.48. The summed E-state index contributed by atoms with van der Waals surface area (Å²) in [6.07, 6.45) is 4.60. The molecule has 0 amide bonds. The van der Waals surface area contributed by atoms with Gasteiger partial charge in [-0.3, -0.25) is 10.1 Å². The molecule has 0 saturated heterocycles. The third-order valence-corrected chi connectivity index (χ3v) is 3.68. The van der Waals surface area contributed by atoms with Crippen LogP contribution in [0.5, 0.6) is 11.5 Å². The van der Waals surface area contributed by atoms with Gasteiger partial charge in [0.2, 0.25) is 0 Å². The summed E-state index contributed by atoms with van der Waals surface area (Å²) in [6.45, 7) is 0. The highest BCUT2D eigenvalue weighted by atomic mass is 16.6. The highest BCUT2D eigenvalue weighted by Crippen LogP contribution is 2.31. The van der Waals surface area contributed by atoms with Crippen LogP contribution in [0.25, 0.3) is 0 Å². The summed E-state index contributed by atoms with van der Waals surface area (Å²) in [7, 11) is 0. The van der Waals surface area contributed by atoms with Gasteiger partial charge in [0, 0.05) is 17.8 Å². The lowest BCUT2D eigenvalue weighted by molar-refractivity contribution is -0.384. The van der Waals surface area contributed by atoms with E-state index in [0.717, 1.165) is 12.8 Å². The number of rotatable bonds is 3.